The molecule has 5 heteroatoms. The second kappa shape index (κ2) is 3.40. The van der Waals surface area contributed by atoms with Crippen molar-refractivity contribution in [2.24, 2.45) is 5.73 Å². The van der Waals surface area contributed by atoms with Crippen LogP contribution in [0.3, 0.4) is 0 Å². The number of rotatable bonds is 3. The molecule has 2 heterocycles. The second-order valence-corrected chi connectivity index (χ2v) is 2.86. The van der Waals surface area contributed by atoms with Crippen LogP contribution in [0.2, 0.25) is 0 Å². The van der Waals surface area contributed by atoms with Crippen LogP contribution in [0.1, 0.15) is 17.6 Å². The lowest BCUT2D eigenvalue weighted by molar-refractivity contribution is 0.669. The number of nitrogens with one attached hydrogen (secondary N) is 2. The fraction of sp³-hybridized carbons (Fsp3) is 0.250. The van der Waals surface area contributed by atoms with E-state index in [2.05, 4.69) is 20.2 Å². The minimum absolute atomic E-state index is 0.0753. The first-order valence-corrected chi connectivity index (χ1v) is 4.09. The van der Waals surface area contributed by atoms with Gasteiger partial charge in [0, 0.05) is 25.0 Å². The molecule has 2 aromatic heterocycles. The lowest BCUT2D eigenvalue weighted by Crippen LogP contribution is -2.14. The minimum Gasteiger partial charge on any atom is -0.349 e. The maximum atomic E-state index is 5.90. The molecule has 68 valence electrons. The largest absolute Gasteiger partial charge is 0.349 e. The van der Waals surface area contributed by atoms with Crippen LogP contribution in [-0.2, 0) is 6.42 Å². The monoisotopic (exact) mass is 177 g/mol. The highest BCUT2D eigenvalue weighted by Gasteiger charge is 2.08. The first kappa shape index (κ1) is 8.00. The number of hydrogen-bond donors (Lipinski definition) is 3. The van der Waals surface area contributed by atoms with Crippen molar-refractivity contribution in [3.8, 4) is 0 Å². The van der Waals surface area contributed by atoms with Gasteiger partial charge in [0.2, 0.25) is 0 Å². The predicted octanol–water partition coefficient (Wildman–Crippen LogP) is 0.375. The zero-order valence-corrected chi connectivity index (χ0v) is 7.07. The Hall–Kier alpha value is -1.62. The summed E-state index contributed by atoms with van der Waals surface area (Å²) in [6.07, 6.45) is 5.89. The summed E-state index contributed by atoms with van der Waals surface area (Å²) in [6.45, 7) is 0. The lowest BCUT2D eigenvalue weighted by Gasteiger charge is -2.06. The standard InChI is InChI=1S/C8H11N5/c9-6(7-1-2-12-13-7)5-8-10-3-4-11-8/h1-4,6H,5,9H2,(H,10,11)(H,12,13). The summed E-state index contributed by atoms with van der Waals surface area (Å²) in [6, 6.07) is 1.79. The summed E-state index contributed by atoms with van der Waals surface area (Å²) < 4.78 is 0. The third kappa shape index (κ3) is 1.75. The van der Waals surface area contributed by atoms with Gasteiger partial charge in [-0.3, -0.25) is 5.10 Å². The van der Waals surface area contributed by atoms with Gasteiger partial charge < -0.3 is 10.7 Å². The third-order valence-corrected chi connectivity index (χ3v) is 1.89. The molecule has 4 N–H and O–H groups in total. The molecule has 0 amide bonds. The molecule has 0 saturated heterocycles. The number of imidazole rings is 1. The molecule has 2 aromatic rings. The van der Waals surface area contributed by atoms with E-state index in [1.807, 2.05) is 6.07 Å². The van der Waals surface area contributed by atoms with E-state index in [9.17, 15) is 0 Å². The molecule has 0 saturated carbocycles. The van der Waals surface area contributed by atoms with E-state index in [4.69, 9.17) is 5.73 Å². The van der Waals surface area contributed by atoms with Gasteiger partial charge in [-0.1, -0.05) is 0 Å². The highest BCUT2D eigenvalue weighted by Crippen LogP contribution is 2.09. The lowest BCUT2D eigenvalue weighted by atomic mass is 10.1. The zero-order chi connectivity index (χ0) is 9.10. The van der Waals surface area contributed by atoms with Gasteiger partial charge >= 0.3 is 0 Å². The maximum Gasteiger partial charge on any atom is 0.107 e. The van der Waals surface area contributed by atoms with E-state index in [-0.39, 0.29) is 6.04 Å². The highest BCUT2D eigenvalue weighted by atomic mass is 15.1. The number of aromatic nitrogens is 4. The molecule has 1 unspecified atom stereocenters. The van der Waals surface area contributed by atoms with Crippen LogP contribution in [0.4, 0.5) is 0 Å². The summed E-state index contributed by atoms with van der Waals surface area (Å²) in [5.41, 5.74) is 6.83. The van der Waals surface area contributed by atoms with Crippen LogP contribution in [0.5, 0.6) is 0 Å². The summed E-state index contributed by atoms with van der Waals surface area (Å²) in [4.78, 5) is 7.10. The Morgan fingerprint density at radius 2 is 2.38 bits per heavy atom. The summed E-state index contributed by atoms with van der Waals surface area (Å²) in [7, 11) is 0. The molecule has 13 heavy (non-hydrogen) atoms. The quantitative estimate of drug-likeness (QED) is 0.633. The van der Waals surface area contributed by atoms with Gasteiger partial charge in [-0.15, -0.1) is 0 Å². The van der Waals surface area contributed by atoms with Crippen LogP contribution < -0.4 is 5.73 Å². The Morgan fingerprint density at radius 3 is 3.00 bits per heavy atom. The van der Waals surface area contributed by atoms with Crippen LogP contribution in [0, 0.1) is 0 Å². The molecule has 0 aliphatic carbocycles. The van der Waals surface area contributed by atoms with Crippen molar-refractivity contribution >= 4 is 0 Å². The number of hydrogen-bond acceptors (Lipinski definition) is 3. The molecule has 0 spiro atoms. The van der Waals surface area contributed by atoms with E-state index in [0.717, 1.165) is 11.5 Å². The Balaban J connectivity index is 2.04. The van der Waals surface area contributed by atoms with Crippen LogP contribution in [-0.4, -0.2) is 20.2 Å². The zero-order valence-electron chi connectivity index (χ0n) is 7.07. The third-order valence-electron chi connectivity index (χ3n) is 1.89. The topological polar surface area (TPSA) is 83.4 Å². The van der Waals surface area contributed by atoms with Crippen LogP contribution in [0.25, 0.3) is 0 Å². The maximum absolute atomic E-state index is 5.90. The molecule has 1 atom stereocenters. The molecule has 0 fully saturated rings. The van der Waals surface area contributed by atoms with E-state index < -0.39 is 0 Å². The Morgan fingerprint density at radius 1 is 1.46 bits per heavy atom. The van der Waals surface area contributed by atoms with Gasteiger partial charge in [-0.05, 0) is 6.07 Å². The SMILES string of the molecule is NC(Cc1ncc[nH]1)c1ccn[nH]1. The smallest absolute Gasteiger partial charge is 0.107 e. The number of H-pyrrole nitrogens is 2. The Kier molecular flexibility index (Phi) is 2.09. The minimum atomic E-state index is -0.0753. The second-order valence-electron chi connectivity index (χ2n) is 2.86. The molecule has 0 aromatic carbocycles. The average Bonchev–Trinajstić information content (AvgIpc) is 2.74. The average molecular weight is 177 g/mol. The Bertz CT molecular complexity index is 337. The molecular weight excluding hydrogens is 166 g/mol. The van der Waals surface area contributed by atoms with Gasteiger partial charge in [0.15, 0.2) is 0 Å². The molecule has 2 rings (SSSR count). The van der Waals surface area contributed by atoms with Crippen molar-refractivity contribution in [2.45, 2.75) is 12.5 Å². The summed E-state index contributed by atoms with van der Waals surface area (Å²) in [5, 5.41) is 6.67. The summed E-state index contributed by atoms with van der Waals surface area (Å²) in [5.74, 6) is 0.891. The van der Waals surface area contributed by atoms with E-state index in [0.29, 0.717) is 6.42 Å². The van der Waals surface area contributed by atoms with Gasteiger partial charge in [-0.25, -0.2) is 4.98 Å². The number of aromatic amines is 2. The van der Waals surface area contributed by atoms with Crippen LogP contribution in [0.15, 0.2) is 24.7 Å². The van der Waals surface area contributed by atoms with Crippen LogP contribution >= 0.6 is 0 Å². The van der Waals surface area contributed by atoms with Crippen molar-refractivity contribution in [1.29, 1.82) is 0 Å². The van der Waals surface area contributed by atoms with Gasteiger partial charge in [0.05, 0.1) is 11.7 Å². The predicted molar refractivity (Wildman–Crippen MR) is 47.8 cm³/mol. The number of nitrogens with zero attached hydrogens (tertiary/aromatic N) is 2. The summed E-state index contributed by atoms with van der Waals surface area (Å²) >= 11 is 0. The number of nitrogens with two attached hydrogens (primary N) is 1. The molecule has 0 aliphatic heterocycles. The molecule has 0 aliphatic rings. The fourth-order valence-electron chi connectivity index (χ4n) is 1.20. The Labute approximate surface area is 75.4 Å². The van der Waals surface area contributed by atoms with Gasteiger partial charge in [0.1, 0.15) is 5.82 Å². The van der Waals surface area contributed by atoms with Crippen molar-refractivity contribution in [3.63, 3.8) is 0 Å². The van der Waals surface area contributed by atoms with Crippen molar-refractivity contribution < 1.29 is 0 Å². The van der Waals surface area contributed by atoms with Crippen molar-refractivity contribution in [2.75, 3.05) is 0 Å². The molecular formula is C8H11N5. The molecule has 0 radical (unpaired) electrons. The normalized spacial score (nSPS) is 13.0. The molecule has 5 nitrogen and oxygen atoms in total. The van der Waals surface area contributed by atoms with Gasteiger partial charge in [-0.2, -0.15) is 5.10 Å². The first-order chi connectivity index (χ1) is 6.36. The fourth-order valence-corrected chi connectivity index (χ4v) is 1.20. The first-order valence-electron chi connectivity index (χ1n) is 4.09. The molecule has 0 bridgehead atoms. The van der Waals surface area contributed by atoms with Crippen molar-refractivity contribution in [1.82, 2.24) is 20.2 Å². The van der Waals surface area contributed by atoms with E-state index in [1.54, 1.807) is 18.6 Å². The van der Waals surface area contributed by atoms with E-state index >= 15 is 0 Å². The van der Waals surface area contributed by atoms with Crippen molar-refractivity contribution in [3.05, 3.63) is 36.2 Å². The van der Waals surface area contributed by atoms with Gasteiger partial charge in [0.25, 0.3) is 0 Å². The highest BCUT2D eigenvalue weighted by molar-refractivity contribution is 5.06. The van der Waals surface area contributed by atoms with E-state index in [1.165, 1.54) is 0 Å².